The van der Waals surface area contributed by atoms with Gasteiger partial charge in [0.2, 0.25) is 11.8 Å². The fourth-order valence-corrected chi connectivity index (χ4v) is 3.97. The first kappa shape index (κ1) is 22.8. The van der Waals surface area contributed by atoms with Crippen LogP contribution in [0.5, 0.6) is 5.75 Å². The third-order valence-corrected chi connectivity index (χ3v) is 5.84. The molecule has 1 heterocycles. The lowest BCUT2D eigenvalue weighted by Crippen LogP contribution is -2.38. The number of nitrogens with zero attached hydrogens (tertiary/aromatic N) is 2. The predicted molar refractivity (Wildman–Crippen MR) is 123 cm³/mol. The number of hydrogen-bond donors (Lipinski definition) is 1. The van der Waals surface area contributed by atoms with E-state index in [9.17, 15) is 9.59 Å². The van der Waals surface area contributed by atoms with Crippen molar-refractivity contribution in [3.05, 3.63) is 59.2 Å². The number of carbonyl (C=O) groups excluding carboxylic acids is 2. The van der Waals surface area contributed by atoms with Crippen LogP contribution in [0.2, 0.25) is 0 Å². The Balaban J connectivity index is 1.45. The largest absolute Gasteiger partial charge is 0.497 e. The molecular weight excluding hydrogens is 390 g/mol. The number of para-hydroxylation sites is 1. The van der Waals surface area contributed by atoms with E-state index in [1.807, 2.05) is 61.2 Å². The number of amides is 2. The zero-order valence-corrected chi connectivity index (χ0v) is 18.8. The van der Waals surface area contributed by atoms with Gasteiger partial charge in [0.1, 0.15) is 5.75 Å². The summed E-state index contributed by atoms with van der Waals surface area (Å²) in [6, 6.07) is 13.9. The lowest BCUT2D eigenvalue weighted by Gasteiger charge is -2.22. The number of ether oxygens (including phenoxy) is 1. The van der Waals surface area contributed by atoms with E-state index in [0.717, 1.165) is 54.1 Å². The first-order chi connectivity index (χ1) is 15.0. The van der Waals surface area contributed by atoms with Gasteiger partial charge in [-0.25, -0.2) is 0 Å². The van der Waals surface area contributed by atoms with E-state index in [-0.39, 0.29) is 11.8 Å². The Bertz CT molecular complexity index is 875. The number of nitrogens with one attached hydrogen (secondary N) is 1. The van der Waals surface area contributed by atoms with Crippen LogP contribution in [0.15, 0.2) is 42.5 Å². The second kappa shape index (κ2) is 11.0. The van der Waals surface area contributed by atoms with E-state index in [1.54, 1.807) is 7.11 Å². The summed E-state index contributed by atoms with van der Waals surface area (Å²) in [4.78, 5) is 29.3. The lowest BCUT2D eigenvalue weighted by atomic mass is 10.1. The second-order valence-corrected chi connectivity index (χ2v) is 8.17. The van der Waals surface area contributed by atoms with Gasteiger partial charge in [0.05, 0.1) is 13.7 Å². The van der Waals surface area contributed by atoms with Crippen LogP contribution < -0.4 is 10.1 Å². The number of aryl methyl sites for hydroxylation is 3. The Labute approximate surface area is 185 Å². The molecule has 0 radical (unpaired) electrons. The summed E-state index contributed by atoms with van der Waals surface area (Å²) < 4.78 is 5.18. The Morgan fingerprint density at radius 1 is 0.968 bits per heavy atom. The highest BCUT2D eigenvalue weighted by atomic mass is 16.5. The van der Waals surface area contributed by atoms with Crippen molar-refractivity contribution < 1.29 is 14.3 Å². The maximum Gasteiger partial charge on any atom is 0.238 e. The molecule has 0 atom stereocenters. The third-order valence-electron chi connectivity index (χ3n) is 5.84. The van der Waals surface area contributed by atoms with E-state index in [0.29, 0.717) is 26.1 Å². The van der Waals surface area contributed by atoms with Gasteiger partial charge in [0, 0.05) is 38.3 Å². The molecule has 0 saturated carbocycles. The number of anilines is 1. The zero-order valence-electron chi connectivity index (χ0n) is 18.8. The van der Waals surface area contributed by atoms with Gasteiger partial charge in [-0.05, 0) is 55.5 Å². The van der Waals surface area contributed by atoms with Crippen LogP contribution in [-0.2, 0) is 16.0 Å². The van der Waals surface area contributed by atoms with Crippen molar-refractivity contribution in [2.45, 2.75) is 33.1 Å². The summed E-state index contributed by atoms with van der Waals surface area (Å²) in [5.41, 5.74) is 4.17. The quantitative estimate of drug-likeness (QED) is 0.741. The molecule has 0 unspecified atom stereocenters. The Hall–Kier alpha value is -2.86. The number of rotatable bonds is 7. The van der Waals surface area contributed by atoms with Gasteiger partial charge in [0.15, 0.2) is 0 Å². The SMILES string of the molecule is COc1ccc(CCC(=O)N2CCCN(CC(=O)Nc3c(C)cccc3C)CC2)cc1. The summed E-state index contributed by atoms with van der Waals surface area (Å²) in [5.74, 6) is 0.999. The van der Waals surface area contributed by atoms with Crippen LogP contribution in [0.3, 0.4) is 0 Å². The molecule has 6 heteroatoms. The highest BCUT2D eigenvalue weighted by Gasteiger charge is 2.20. The molecule has 0 bridgehead atoms. The van der Waals surface area contributed by atoms with Crippen LogP contribution in [0.4, 0.5) is 5.69 Å². The summed E-state index contributed by atoms with van der Waals surface area (Å²) in [6.07, 6.45) is 2.10. The van der Waals surface area contributed by atoms with E-state index in [2.05, 4.69) is 10.2 Å². The molecule has 31 heavy (non-hydrogen) atoms. The standard InChI is InChI=1S/C25H33N3O3/c1-19-6-4-7-20(2)25(19)26-23(29)18-27-14-5-15-28(17-16-27)24(30)13-10-21-8-11-22(31-3)12-9-21/h4,6-9,11-12H,5,10,13-18H2,1-3H3,(H,26,29). The molecule has 1 saturated heterocycles. The maximum atomic E-state index is 12.7. The van der Waals surface area contributed by atoms with E-state index in [1.165, 1.54) is 0 Å². The van der Waals surface area contributed by atoms with Gasteiger partial charge in [-0.15, -0.1) is 0 Å². The van der Waals surface area contributed by atoms with Gasteiger partial charge < -0.3 is 15.0 Å². The molecule has 1 N–H and O–H groups in total. The summed E-state index contributed by atoms with van der Waals surface area (Å²) in [6.45, 7) is 7.31. The third kappa shape index (κ3) is 6.56. The Morgan fingerprint density at radius 3 is 2.35 bits per heavy atom. The fourth-order valence-electron chi connectivity index (χ4n) is 3.97. The summed E-state index contributed by atoms with van der Waals surface area (Å²) in [7, 11) is 1.65. The van der Waals surface area contributed by atoms with Gasteiger partial charge in [-0.3, -0.25) is 14.5 Å². The van der Waals surface area contributed by atoms with Crippen LogP contribution in [0.25, 0.3) is 0 Å². The van der Waals surface area contributed by atoms with Crippen molar-refractivity contribution in [1.82, 2.24) is 9.80 Å². The monoisotopic (exact) mass is 423 g/mol. The molecule has 2 aromatic rings. The van der Waals surface area contributed by atoms with Gasteiger partial charge >= 0.3 is 0 Å². The molecule has 166 valence electrons. The first-order valence-electron chi connectivity index (χ1n) is 11.0. The van der Waals surface area contributed by atoms with Crippen molar-refractivity contribution in [3.8, 4) is 5.75 Å². The van der Waals surface area contributed by atoms with E-state index >= 15 is 0 Å². The average Bonchev–Trinajstić information content (AvgIpc) is 3.00. The minimum atomic E-state index is -0.00307. The molecular formula is C25H33N3O3. The number of hydrogen-bond acceptors (Lipinski definition) is 4. The minimum Gasteiger partial charge on any atom is -0.497 e. The highest BCUT2D eigenvalue weighted by Crippen LogP contribution is 2.19. The van der Waals surface area contributed by atoms with Gasteiger partial charge in [0.25, 0.3) is 0 Å². The van der Waals surface area contributed by atoms with Crippen LogP contribution in [0.1, 0.15) is 29.5 Å². The predicted octanol–water partition coefficient (Wildman–Crippen LogP) is 3.42. The average molecular weight is 424 g/mol. The number of carbonyl (C=O) groups is 2. The van der Waals surface area contributed by atoms with Crippen LogP contribution in [0, 0.1) is 13.8 Å². The molecule has 6 nitrogen and oxygen atoms in total. The van der Waals surface area contributed by atoms with Crippen molar-refractivity contribution in [2.24, 2.45) is 0 Å². The molecule has 0 spiro atoms. The number of methoxy groups -OCH3 is 1. The molecule has 0 aliphatic carbocycles. The van der Waals surface area contributed by atoms with Crippen molar-refractivity contribution in [1.29, 1.82) is 0 Å². The molecule has 1 aliphatic rings. The highest BCUT2D eigenvalue weighted by molar-refractivity contribution is 5.93. The normalized spacial score (nSPS) is 14.7. The summed E-state index contributed by atoms with van der Waals surface area (Å²) >= 11 is 0. The van der Waals surface area contributed by atoms with Gasteiger partial charge in [-0.2, -0.15) is 0 Å². The molecule has 1 aliphatic heterocycles. The topological polar surface area (TPSA) is 61.9 Å². The zero-order chi connectivity index (χ0) is 22.2. The molecule has 1 fully saturated rings. The fraction of sp³-hybridized carbons (Fsp3) is 0.440. The van der Waals surface area contributed by atoms with Crippen molar-refractivity contribution in [2.75, 3.05) is 45.2 Å². The Kier molecular flexibility index (Phi) is 8.06. The smallest absolute Gasteiger partial charge is 0.238 e. The molecule has 2 aromatic carbocycles. The number of benzene rings is 2. The van der Waals surface area contributed by atoms with Crippen LogP contribution >= 0.6 is 0 Å². The summed E-state index contributed by atoms with van der Waals surface area (Å²) in [5, 5.41) is 3.06. The Morgan fingerprint density at radius 2 is 1.68 bits per heavy atom. The second-order valence-electron chi connectivity index (χ2n) is 8.17. The van der Waals surface area contributed by atoms with E-state index < -0.39 is 0 Å². The van der Waals surface area contributed by atoms with Crippen molar-refractivity contribution >= 4 is 17.5 Å². The molecule has 3 rings (SSSR count). The minimum absolute atomic E-state index is 0.00307. The van der Waals surface area contributed by atoms with Crippen molar-refractivity contribution in [3.63, 3.8) is 0 Å². The van der Waals surface area contributed by atoms with Crippen LogP contribution in [-0.4, -0.2) is 61.4 Å². The van der Waals surface area contributed by atoms with E-state index in [4.69, 9.17) is 4.74 Å². The lowest BCUT2D eigenvalue weighted by molar-refractivity contribution is -0.131. The molecule has 0 aromatic heterocycles. The first-order valence-corrected chi connectivity index (χ1v) is 11.0. The maximum absolute atomic E-state index is 12.7. The van der Waals surface area contributed by atoms with Gasteiger partial charge in [-0.1, -0.05) is 30.3 Å². The molecule has 2 amide bonds.